The van der Waals surface area contributed by atoms with Gasteiger partial charge in [0.15, 0.2) is 11.9 Å². The number of aryl methyl sites for hydroxylation is 2. The lowest BCUT2D eigenvalue weighted by molar-refractivity contribution is -0.125. The van der Waals surface area contributed by atoms with Gasteiger partial charge in [-0.1, -0.05) is 12.6 Å². The van der Waals surface area contributed by atoms with Gasteiger partial charge in [-0.05, 0) is 62.9 Å². The zero-order valence-electron chi connectivity index (χ0n) is 19.6. The van der Waals surface area contributed by atoms with Crippen LogP contribution in [-0.2, 0) is 9.53 Å². The Morgan fingerprint density at radius 1 is 1.27 bits per heavy atom. The number of nitrogens with zero attached hydrogens (tertiary/aromatic N) is 2. The summed E-state index contributed by atoms with van der Waals surface area (Å²) in [5.41, 5.74) is 4.99. The first kappa shape index (κ1) is 23.3. The van der Waals surface area contributed by atoms with Gasteiger partial charge in [-0.25, -0.2) is 4.98 Å². The molecular formula is C26H30N2O4S. The fourth-order valence-corrected chi connectivity index (χ4v) is 4.97. The average Bonchev–Trinajstić information content (AvgIpc) is 3.13. The van der Waals surface area contributed by atoms with E-state index in [0.717, 1.165) is 62.9 Å². The Morgan fingerprint density at radius 3 is 2.85 bits per heavy atom. The highest BCUT2D eigenvalue weighted by Gasteiger charge is 2.24. The molecule has 33 heavy (non-hydrogen) atoms. The lowest BCUT2D eigenvalue weighted by atomic mass is 10.1. The van der Waals surface area contributed by atoms with E-state index in [-0.39, 0.29) is 12.4 Å². The molecule has 2 heterocycles. The van der Waals surface area contributed by atoms with Crippen LogP contribution in [0.2, 0.25) is 0 Å². The summed E-state index contributed by atoms with van der Waals surface area (Å²) < 4.78 is 18.4. The molecule has 6 nitrogen and oxygen atoms in total. The number of hydrogen-bond acceptors (Lipinski definition) is 7. The van der Waals surface area contributed by atoms with Crippen LogP contribution in [-0.4, -0.2) is 43.7 Å². The molecule has 0 aliphatic carbocycles. The minimum absolute atomic E-state index is 0.0779. The van der Waals surface area contributed by atoms with E-state index in [1.807, 2.05) is 26.0 Å². The molecule has 0 N–H and O–H groups in total. The van der Waals surface area contributed by atoms with Crippen LogP contribution in [0.1, 0.15) is 35.9 Å². The molecular weight excluding hydrogens is 436 g/mol. The van der Waals surface area contributed by atoms with Crippen LogP contribution < -0.4 is 14.4 Å². The lowest BCUT2D eigenvalue weighted by Gasteiger charge is -2.32. The quantitative estimate of drug-likeness (QED) is 0.455. The van der Waals surface area contributed by atoms with Crippen LogP contribution in [0.25, 0.3) is 15.9 Å². The number of methoxy groups -OCH3 is 1. The molecule has 4 rings (SSSR count). The maximum atomic E-state index is 11.9. The van der Waals surface area contributed by atoms with Crippen molar-refractivity contribution in [2.75, 3.05) is 31.8 Å². The van der Waals surface area contributed by atoms with Crippen LogP contribution in [0.15, 0.2) is 36.9 Å². The summed E-state index contributed by atoms with van der Waals surface area (Å²) in [6.45, 7) is 11.7. The second-order valence-corrected chi connectivity index (χ2v) is 9.56. The predicted octanol–water partition coefficient (Wildman–Crippen LogP) is 5.55. The zero-order chi connectivity index (χ0) is 23.5. The minimum Gasteiger partial charge on any atom is -0.491 e. The second kappa shape index (κ2) is 9.93. The molecule has 0 fully saturated rings. The van der Waals surface area contributed by atoms with E-state index in [1.54, 1.807) is 18.4 Å². The third kappa shape index (κ3) is 5.04. The number of anilines is 1. The van der Waals surface area contributed by atoms with Gasteiger partial charge in [-0.3, -0.25) is 4.79 Å². The van der Waals surface area contributed by atoms with Crippen molar-refractivity contribution in [1.82, 2.24) is 4.98 Å². The minimum atomic E-state index is -0.651. The van der Waals surface area contributed by atoms with Gasteiger partial charge in [0.25, 0.3) is 0 Å². The van der Waals surface area contributed by atoms with Gasteiger partial charge < -0.3 is 19.1 Å². The van der Waals surface area contributed by atoms with Gasteiger partial charge in [0.1, 0.15) is 11.5 Å². The first-order chi connectivity index (χ1) is 15.9. The summed E-state index contributed by atoms with van der Waals surface area (Å²) in [7, 11) is 1.56. The largest absolute Gasteiger partial charge is 0.491 e. The molecule has 3 aromatic rings. The maximum Gasteiger partial charge on any atom is 0.179 e. The number of rotatable bonds is 7. The van der Waals surface area contributed by atoms with E-state index >= 15 is 0 Å². The summed E-state index contributed by atoms with van der Waals surface area (Å²) in [5, 5.41) is 1.05. The Kier molecular flexibility index (Phi) is 7.00. The number of Topliss-reactive ketones (excluding diaryl/α,β-unsaturated/α-hetero) is 1. The van der Waals surface area contributed by atoms with Crippen molar-refractivity contribution in [3.05, 3.63) is 53.0 Å². The predicted molar refractivity (Wildman–Crippen MR) is 134 cm³/mol. The van der Waals surface area contributed by atoms with Crippen LogP contribution in [0.4, 0.5) is 5.69 Å². The number of hydrogen-bond donors (Lipinski definition) is 0. The summed E-state index contributed by atoms with van der Waals surface area (Å²) in [6.07, 6.45) is 1.29. The Balaban J connectivity index is 1.70. The molecule has 0 radical (unpaired) electrons. The first-order valence-electron chi connectivity index (χ1n) is 11.1. The van der Waals surface area contributed by atoms with Crippen molar-refractivity contribution in [3.63, 3.8) is 0 Å². The average molecular weight is 467 g/mol. The van der Waals surface area contributed by atoms with E-state index in [9.17, 15) is 4.79 Å². The fourth-order valence-electron chi connectivity index (χ4n) is 4.10. The number of aromatic nitrogens is 1. The number of carbonyl (C=O) groups is 1. The zero-order valence-corrected chi connectivity index (χ0v) is 20.5. The van der Waals surface area contributed by atoms with E-state index < -0.39 is 6.10 Å². The van der Waals surface area contributed by atoms with E-state index in [4.69, 9.17) is 14.2 Å². The van der Waals surface area contributed by atoms with Gasteiger partial charge in [-0.2, -0.15) is 0 Å². The van der Waals surface area contributed by atoms with Gasteiger partial charge in [0.05, 0.1) is 34.1 Å². The van der Waals surface area contributed by atoms with Gasteiger partial charge >= 0.3 is 0 Å². The molecule has 0 bridgehead atoms. The fraction of sp³-hybridized carbons (Fsp3) is 0.385. The molecule has 0 spiro atoms. The highest BCUT2D eigenvalue weighted by atomic mass is 32.1. The maximum absolute atomic E-state index is 11.9. The molecule has 1 aliphatic rings. The summed E-state index contributed by atoms with van der Waals surface area (Å²) in [4.78, 5) is 18.8. The molecule has 7 heteroatoms. The molecule has 0 saturated carbocycles. The van der Waals surface area contributed by atoms with Crippen LogP contribution >= 0.6 is 11.3 Å². The monoisotopic (exact) mass is 466 g/mol. The van der Waals surface area contributed by atoms with Crippen molar-refractivity contribution in [1.29, 1.82) is 0 Å². The summed E-state index contributed by atoms with van der Waals surface area (Å²) in [6, 6.07) is 10.1. The van der Waals surface area contributed by atoms with E-state index in [2.05, 4.69) is 34.7 Å². The SMILES string of the molecule is C=C(c1ccc2nc(C)sc2c1)N1CCCCOc2cc(O[C@H](COC)C(C)=O)cc(C)c21. The highest BCUT2D eigenvalue weighted by molar-refractivity contribution is 7.18. The summed E-state index contributed by atoms with van der Waals surface area (Å²) in [5.74, 6) is 1.25. The summed E-state index contributed by atoms with van der Waals surface area (Å²) >= 11 is 1.69. The number of carbonyl (C=O) groups excluding carboxylic acids is 1. The van der Waals surface area contributed by atoms with Crippen LogP contribution in [0, 0.1) is 13.8 Å². The molecule has 0 amide bonds. The van der Waals surface area contributed by atoms with Crippen molar-refractivity contribution in [2.45, 2.75) is 39.7 Å². The third-order valence-electron chi connectivity index (χ3n) is 5.75. The van der Waals surface area contributed by atoms with Gasteiger partial charge in [0.2, 0.25) is 0 Å². The number of benzene rings is 2. The Bertz CT molecular complexity index is 1190. The van der Waals surface area contributed by atoms with Crippen molar-refractivity contribution < 1.29 is 19.0 Å². The Labute approximate surface area is 198 Å². The second-order valence-electron chi connectivity index (χ2n) is 8.33. The molecule has 1 aromatic heterocycles. The Hall–Kier alpha value is -2.90. The third-order valence-corrected chi connectivity index (χ3v) is 6.68. The Morgan fingerprint density at radius 2 is 2.09 bits per heavy atom. The van der Waals surface area contributed by atoms with Crippen LogP contribution in [0.5, 0.6) is 11.5 Å². The van der Waals surface area contributed by atoms with Crippen molar-refractivity contribution in [3.8, 4) is 11.5 Å². The number of ether oxygens (including phenoxy) is 3. The lowest BCUT2D eigenvalue weighted by Crippen LogP contribution is -2.30. The molecule has 0 saturated heterocycles. The van der Waals surface area contributed by atoms with E-state index in [0.29, 0.717) is 12.4 Å². The number of thiazole rings is 1. The molecule has 1 aliphatic heterocycles. The smallest absolute Gasteiger partial charge is 0.179 e. The van der Waals surface area contributed by atoms with Crippen molar-refractivity contribution >= 4 is 38.7 Å². The normalized spacial score (nSPS) is 14.7. The number of fused-ring (bicyclic) bond motifs is 2. The molecule has 2 aromatic carbocycles. The van der Waals surface area contributed by atoms with Gasteiger partial charge in [0, 0.05) is 25.4 Å². The highest BCUT2D eigenvalue weighted by Crippen LogP contribution is 2.41. The van der Waals surface area contributed by atoms with E-state index in [1.165, 1.54) is 6.92 Å². The molecule has 1 atom stereocenters. The molecule has 0 unspecified atom stereocenters. The first-order valence-corrected chi connectivity index (χ1v) is 12.0. The topological polar surface area (TPSA) is 60.9 Å². The standard InChI is InChI=1S/C26H30N2O4S/c1-16-12-21(32-24(15-30-5)18(3)29)14-23-26(16)28(10-6-7-11-31-23)17(2)20-8-9-22-25(13-20)33-19(4)27-22/h8-9,12-14,24H,2,6-7,10-11,15H2,1,3-5H3/t24-/m1/s1. The van der Waals surface area contributed by atoms with Crippen molar-refractivity contribution in [2.24, 2.45) is 0 Å². The van der Waals surface area contributed by atoms with Gasteiger partial charge in [-0.15, -0.1) is 11.3 Å². The molecule has 174 valence electrons. The number of ketones is 1. The van der Waals surface area contributed by atoms with Crippen LogP contribution in [0.3, 0.4) is 0 Å².